The van der Waals surface area contributed by atoms with Gasteiger partial charge in [-0.15, -0.1) is 0 Å². The average molecular weight is 406 g/mol. The number of fused-ring (bicyclic) bond motifs is 1. The number of alkyl halides is 3. The zero-order valence-corrected chi connectivity index (χ0v) is 14.7. The molecule has 2 aromatic heterocycles. The number of hydrogen-bond acceptors (Lipinski definition) is 2. The third kappa shape index (κ3) is 3.14. The number of aromatic amines is 1. The summed E-state index contributed by atoms with van der Waals surface area (Å²) in [6, 6.07) is 13.0. The zero-order chi connectivity index (χ0) is 20.1. The molecule has 2 aromatic carbocycles. The van der Waals surface area contributed by atoms with Crippen LogP contribution >= 0.6 is 11.6 Å². The second-order valence-electron chi connectivity index (χ2n) is 6.11. The number of carboxylic acids is 1. The summed E-state index contributed by atoms with van der Waals surface area (Å²) in [6.45, 7) is 0. The Kier molecular flexibility index (Phi) is 4.19. The summed E-state index contributed by atoms with van der Waals surface area (Å²) in [6.07, 6.45) is -4.53. The van der Waals surface area contributed by atoms with E-state index >= 15 is 0 Å². The highest BCUT2D eigenvalue weighted by Gasteiger charge is 2.34. The van der Waals surface area contributed by atoms with E-state index < -0.39 is 17.7 Å². The monoisotopic (exact) mass is 405 g/mol. The normalized spacial score (nSPS) is 11.9. The smallest absolute Gasteiger partial charge is 0.417 e. The van der Waals surface area contributed by atoms with Gasteiger partial charge in [-0.2, -0.15) is 13.2 Å². The molecule has 4 aromatic rings. The maximum atomic E-state index is 13.2. The van der Waals surface area contributed by atoms with Crippen molar-refractivity contribution >= 4 is 28.5 Å². The molecular weight excluding hydrogens is 395 g/mol. The average Bonchev–Trinajstić information content (AvgIpc) is 3.28. The topological polar surface area (TPSA) is 66.2 Å². The van der Waals surface area contributed by atoms with Crippen LogP contribution in [0.3, 0.4) is 0 Å². The van der Waals surface area contributed by atoms with Crippen molar-refractivity contribution in [3.05, 3.63) is 70.7 Å². The lowest BCUT2D eigenvalue weighted by molar-refractivity contribution is -0.136. The number of aromatic carboxylic acids is 1. The van der Waals surface area contributed by atoms with Gasteiger partial charge in [-0.1, -0.05) is 23.7 Å². The van der Waals surface area contributed by atoms with Gasteiger partial charge in [0, 0.05) is 11.1 Å². The number of aromatic nitrogens is 1. The molecule has 0 fully saturated rings. The quantitative estimate of drug-likeness (QED) is 0.410. The van der Waals surface area contributed by atoms with Gasteiger partial charge in [0.15, 0.2) is 11.3 Å². The second-order valence-corrected chi connectivity index (χ2v) is 6.52. The molecule has 0 saturated heterocycles. The largest absolute Gasteiger partial charge is 0.478 e. The van der Waals surface area contributed by atoms with Crippen molar-refractivity contribution in [3.8, 4) is 22.7 Å². The van der Waals surface area contributed by atoms with Gasteiger partial charge in [-0.05, 0) is 48.0 Å². The predicted octanol–water partition coefficient (Wildman–Crippen LogP) is 6.47. The molecule has 8 heteroatoms. The van der Waals surface area contributed by atoms with Crippen molar-refractivity contribution in [2.75, 3.05) is 0 Å². The Labute approximate surface area is 161 Å². The van der Waals surface area contributed by atoms with Crippen molar-refractivity contribution in [2.24, 2.45) is 0 Å². The molecule has 0 saturated carbocycles. The summed E-state index contributed by atoms with van der Waals surface area (Å²) in [5.41, 5.74) is 1.15. The van der Waals surface area contributed by atoms with Crippen LogP contribution in [0.4, 0.5) is 13.2 Å². The number of rotatable bonds is 3. The summed E-state index contributed by atoms with van der Waals surface area (Å²) < 4.78 is 45.3. The lowest BCUT2D eigenvalue weighted by Gasteiger charge is -2.07. The molecule has 0 atom stereocenters. The SMILES string of the molecule is O=C(O)c1ccc(-c2ccc(-c3cc4c(C(F)(F)F)ccc(Cl)c4o3)[nH]2)cc1. The van der Waals surface area contributed by atoms with Gasteiger partial charge in [-0.25, -0.2) is 4.79 Å². The fraction of sp³-hybridized carbons (Fsp3) is 0.0500. The maximum Gasteiger partial charge on any atom is 0.417 e. The first-order valence-corrected chi connectivity index (χ1v) is 8.44. The predicted molar refractivity (Wildman–Crippen MR) is 98.4 cm³/mol. The molecule has 0 aliphatic rings. The van der Waals surface area contributed by atoms with Crippen LogP contribution in [0.2, 0.25) is 5.02 Å². The van der Waals surface area contributed by atoms with Crippen molar-refractivity contribution in [3.63, 3.8) is 0 Å². The van der Waals surface area contributed by atoms with E-state index in [4.69, 9.17) is 21.1 Å². The lowest BCUT2D eigenvalue weighted by atomic mass is 10.1. The third-order valence-electron chi connectivity index (χ3n) is 4.34. The number of carboxylic acid groups (broad SMARTS) is 1. The number of nitrogens with one attached hydrogen (secondary N) is 1. The maximum absolute atomic E-state index is 13.2. The first-order valence-electron chi connectivity index (χ1n) is 8.06. The van der Waals surface area contributed by atoms with Crippen LogP contribution in [0.5, 0.6) is 0 Å². The van der Waals surface area contributed by atoms with Gasteiger partial charge in [0.05, 0.1) is 21.8 Å². The fourth-order valence-corrected chi connectivity index (χ4v) is 3.17. The molecule has 4 nitrogen and oxygen atoms in total. The van der Waals surface area contributed by atoms with Crippen LogP contribution in [0.1, 0.15) is 15.9 Å². The number of benzene rings is 2. The minimum Gasteiger partial charge on any atom is -0.478 e. The molecule has 0 bridgehead atoms. The van der Waals surface area contributed by atoms with Crippen LogP contribution in [0, 0.1) is 0 Å². The first-order chi connectivity index (χ1) is 13.2. The molecular formula is C20H11ClF3NO3. The minimum atomic E-state index is -4.53. The van der Waals surface area contributed by atoms with E-state index in [1.54, 1.807) is 24.3 Å². The molecule has 2 N–H and O–H groups in total. The highest BCUT2D eigenvalue weighted by atomic mass is 35.5. The molecule has 0 radical (unpaired) electrons. The summed E-state index contributed by atoms with van der Waals surface area (Å²) in [5, 5.41) is 8.93. The van der Waals surface area contributed by atoms with E-state index in [9.17, 15) is 18.0 Å². The summed E-state index contributed by atoms with van der Waals surface area (Å²) in [7, 11) is 0. The molecule has 0 aliphatic carbocycles. The number of hydrogen-bond donors (Lipinski definition) is 2. The van der Waals surface area contributed by atoms with Gasteiger partial charge < -0.3 is 14.5 Å². The summed E-state index contributed by atoms with van der Waals surface area (Å²) in [5.74, 6) is -0.819. The number of carbonyl (C=O) groups is 1. The molecule has 0 amide bonds. The summed E-state index contributed by atoms with van der Waals surface area (Å²) >= 11 is 6.00. The minimum absolute atomic E-state index is 0.0338. The van der Waals surface area contributed by atoms with Crippen LogP contribution < -0.4 is 0 Å². The Bertz CT molecular complexity index is 1190. The highest BCUT2D eigenvalue weighted by Crippen LogP contribution is 2.40. The van der Waals surface area contributed by atoms with Crippen LogP contribution in [0.25, 0.3) is 33.7 Å². The molecule has 142 valence electrons. The van der Waals surface area contributed by atoms with Gasteiger partial charge in [-0.3, -0.25) is 0 Å². The third-order valence-corrected chi connectivity index (χ3v) is 4.63. The Morgan fingerprint density at radius 3 is 2.32 bits per heavy atom. The number of H-pyrrole nitrogens is 1. The molecule has 0 unspecified atom stereocenters. The van der Waals surface area contributed by atoms with E-state index in [-0.39, 0.29) is 27.3 Å². The molecule has 0 aliphatic heterocycles. The summed E-state index contributed by atoms with van der Waals surface area (Å²) in [4.78, 5) is 14.0. The van der Waals surface area contributed by atoms with E-state index in [1.165, 1.54) is 18.2 Å². The molecule has 4 rings (SSSR count). The zero-order valence-electron chi connectivity index (χ0n) is 14.0. The standard InChI is InChI=1S/C20H11ClF3NO3/c21-14-6-5-13(20(22,23)24)12-9-17(28-18(12)14)16-8-7-15(25-16)10-1-3-11(4-2-10)19(26)27/h1-9,25H,(H,26,27). The highest BCUT2D eigenvalue weighted by molar-refractivity contribution is 6.35. The lowest BCUT2D eigenvalue weighted by Crippen LogP contribution is -2.04. The van der Waals surface area contributed by atoms with E-state index in [1.807, 2.05) is 0 Å². The second kappa shape index (κ2) is 6.45. The van der Waals surface area contributed by atoms with Crippen LogP contribution in [-0.2, 0) is 6.18 Å². The molecule has 0 spiro atoms. The number of halogens is 4. The van der Waals surface area contributed by atoms with Gasteiger partial charge in [0.25, 0.3) is 0 Å². The Morgan fingerprint density at radius 1 is 1.00 bits per heavy atom. The first kappa shape index (κ1) is 18.2. The van der Waals surface area contributed by atoms with Gasteiger partial charge >= 0.3 is 12.1 Å². The molecule has 28 heavy (non-hydrogen) atoms. The Morgan fingerprint density at radius 2 is 1.68 bits per heavy atom. The molecule has 2 heterocycles. The van der Waals surface area contributed by atoms with Crippen molar-refractivity contribution < 1.29 is 27.5 Å². The van der Waals surface area contributed by atoms with Crippen LogP contribution in [-0.4, -0.2) is 16.1 Å². The Balaban J connectivity index is 1.75. The Hall–Kier alpha value is -3.19. The van der Waals surface area contributed by atoms with Crippen molar-refractivity contribution in [1.29, 1.82) is 0 Å². The van der Waals surface area contributed by atoms with E-state index in [2.05, 4.69) is 4.98 Å². The van der Waals surface area contributed by atoms with Crippen molar-refractivity contribution in [1.82, 2.24) is 4.98 Å². The number of furan rings is 1. The van der Waals surface area contributed by atoms with Gasteiger partial charge in [0.1, 0.15) is 0 Å². The van der Waals surface area contributed by atoms with Crippen LogP contribution in [0.15, 0.2) is 59.0 Å². The fourth-order valence-electron chi connectivity index (χ4n) is 2.97. The van der Waals surface area contributed by atoms with E-state index in [0.717, 1.165) is 17.7 Å². The van der Waals surface area contributed by atoms with E-state index in [0.29, 0.717) is 11.4 Å². The van der Waals surface area contributed by atoms with Gasteiger partial charge in [0.2, 0.25) is 0 Å². The van der Waals surface area contributed by atoms with Crippen molar-refractivity contribution in [2.45, 2.75) is 6.18 Å².